The van der Waals surface area contributed by atoms with Crippen molar-refractivity contribution in [3.8, 4) is 11.5 Å². The maximum absolute atomic E-state index is 11.7. The molecule has 5 heteroatoms. The second kappa shape index (κ2) is 9.15. The highest BCUT2D eigenvalue weighted by Gasteiger charge is 2.06. The van der Waals surface area contributed by atoms with Crippen LogP contribution in [0.4, 0.5) is 5.69 Å². The van der Waals surface area contributed by atoms with Gasteiger partial charge >= 0.3 is 5.97 Å². The van der Waals surface area contributed by atoms with E-state index in [-0.39, 0.29) is 6.61 Å². The summed E-state index contributed by atoms with van der Waals surface area (Å²) in [6.07, 6.45) is 3.72. The van der Waals surface area contributed by atoms with Gasteiger partial charge in [-0.1, -0.05) is 31.2 Å². The number of para-hydroxylation sites is 1. The monoisotopic (exact) mass is 325 g/mol. The Hall–Kier alpha value is -3.08. The van der Waals surface area contributed by atoms with Gasteiger partial charge in [0, 0.05) is 11.8 Å². The Bertz CT molecular complexity index is 693. The van der Waals surface area contributed by atoms with Crippen molar-refractivity contribution in [2.75, 3.05) is 11.9 Å². The highest BCUT2D eigenvalue weighted by atomic mass is 16.5. The molecular weight excluding hydrogens is 306 g/mol. The summed E-state index contributed by atoms with van der Waals surface area (Å²) in [6.45, 7) is 1.58. The Morgan fingerprint density at radius 3 is 2.33 bits per heavy atom. The maximum Gasteiger partial charge on any atom is 0.330 e. The van der Waals surface area contributed by atoms with Crippen molar-refractivity contribution in [1.29, 1.82) is 0 Å². The van der Waals surface area contributed by atoms with Crippen molar-refractivity contribution in [3.63, 3.8) is 0 Å². The topological polar surface area (TPSA) is 64.6 Å². The fraction of sp³-hybridized carbons (Fsp3) is 0.158. The third-order valence-corrected chi connectivity index (χ3v) is 2.95. The summed E-state index contributed by atoms with van der Waals surface area (Å²) < 4.78 is 10.5. The molecule has 0 saturated heterocycles. The van der Waals surface area contributed by atoms with Crippen LogP contribution in [0.5, 0.6) is 11.5 Å². The lowest BCUT2D eigenvalue weighted by Crippen LogP contribution is -2.20. The van der Waals surface area contributed by atoms with Gasteiger partial charge in [0.1, 0.15) is 11.5 Å². The van der Waals surface area contributed by atoms with E-state index in [9.17, 15) is 9.59 Å². The zero-order chi connectivity index (χ0) is 17.2. The first-order chi connectivity index (χ1) is 11.7. The van der Waals surface area contributed by atoms with E-state index in [4.69, 9.17) is 9.47 Å². The van der Waals surface area contributed by atoms with Gasteiger partial charge in [-0.25, -0.2) is 4.79 Å². The van der Waals surface area contributed by atoms with Gasteiger partial charge in [0.25, 0.3) is 5.91 Å². The third kappa shape index (κ3) is 5.96. The minimum Gasteiger partial charge on any atom is -0.457 e. The van der Waals surface area contributed by atoms with Crippen LogP contribution in [0.1, 0.15) is 13.3 Å². The second-order valence-corrected chi connectivity index (χ2v) is 4.91. The van der Waals surface area contributed by atoms with Crippen LogP contribution in [-0.2, 0) is 14.3 Å². The summed E-state index contributed by atoms with van der Waals surface area (Å²) in [6, 6.07) is 16.3. The number of hydrogen-bond acceptors (Lipinski definition) is 4. The first kappa shape index (κ1) is 17.3. The molecule has 0 heterocycles. The molecule has 0 aromatic heterocycles. The van der Waals surface area contributed by atoms with Crippen LogP contribution in [0.3, 0.4) is 0 Å². The molecule has 0 aliphatic carbocycles. The molecule has 2 aromatic rings. The lowest BCUT2D eigenvalue weighted by atomic mass is 10.3. The number of anilines is 1. The summed E-state index contributed by atoms with van der Waals surface area (Å²) in [5, 5.41) is 2.65. The van der Waals surface area contributed by atoms with Gasteiger partial charge in [-0.2, -0.15) is 0 Å². The Morgan fingerprint density at radius 1 is 1.00 bits per heavy atom. The van der Waals surface area contributed by atoms with E-state index in [0.29, 0.717) is 11.4 Å². The Labute approximate surface area is 140 Å². The molecule has 0 radical (unpaired) electrons. The van der Waals surface area contributed by atoms with Crippen LogP contribution in [0.25, 0.3) is 0 Å². The molecule has 2 aromatic carbocycles. The molecule has 0 unspecified atom stereocenters. The predicted molar refractivity (Wildman–Crippen MR) is 92.0 cm³/mol. The first-order valence-electron chi connectivity index (χ1n) is 7.63. The zero-order valence-corrected chi connectivity index (χ0v) is 13.4. The number of hydrogen-bond donors (Lipinski definition) is 1. The van der Waals surface area contributed by atoms with Crippen LogP contribution < -0.4 is 10.1 Å². The van der Waals surface area contributed by atoms with Crippen molar-refractivity contribution >= 4 is 17.6 Å². The summed E-state index contributed by atoms with van der Waals surface area (Å²) in [4.78, 5) is 23.0. The molecular formula is C19H19NO4. The van der Waals surface area contributed by atoms with Gasteiger partial charge in [-0.05, 0) is 42.8 Å². The van der Waals surface area contributed by atoms with E-state index in [0.717, 1.165) is 12.2 Å². The summed E-state index contributed by atoms with van der Waals surface area (Å²) in [5.41, 5.74) is 0.598. The fourth-order valence-electron chi connectivity index (χ4n) is 1.83. The minimum absolute atomic E-state index is 0.324. The number of nitrogens with one attached hydrogen (secondary N) is 1. The molecule has 0 spiro atoms. The minimum atomic E-state index is -0.529. The molecule has 1 amide bonds. The van der Waals surface area contributed by atoms with Gasteiger partial charge in [0.05, 0.1) is 0 Å². The van der Waals surface area contributed by atoms with E-state index in [1.54, 1.807) is 30.3 Å². The summed E-state index contributed by atoms with van der Waals surface area (Å²) in [7, 11) is 0. The van der Waals surface area contributed by atoms with Crippen molar-refractivity contribution in [3.05, 3.63) is 66.7 Å². The summed E-state index contributed by atoms with van der Waals surface area (Å²) >= 11 is 0. The largest absolute Gasteiger partial charge is 0.457 e. The van der Waals surface area contributed by atoms with E-state index in [1.165, 1.54) is 6.08 Å². The van der Waals surface area contributed by atoms with E-state index in [1.807, 2.05) is 37.3 Å². The average molecular weight is 325 g/mol. The van der Waals surface area contributed by atoms with Crippen LogP contribution in [-0.4, -0.2) is 18.5 Å². The molecule has 0 bridgehead atoms. The number of rotatable bonds is 7. The van der Waals surface area contributed by atoms with Crippen molar-refractivity contribution in [2.24, 2.45) is 0 Å². The standard InChI is InChI=1S/C19H19NO4/c1-2-3-9-19(22)23-14-18(21)20-15-10-12-17(13-11-15)24-16-7-5-4-6-8-16/h3-13H,2,14H2,1H3,(H,20,21)/b9-3+. The Balaban J connectivity index is 1.82. The predicted octanol–water partition coefficient (Wildman–Crippen LogP) is 3.93. The maximum atomic E-state index is 11.7. The highest BCUT2D eigenvalue weighted by molar-refractivity contribution is 5.93. The number of carbonyl (C=O) groups excluding carboxylic acids is 2. The van der Waals surface area contributed by atoms with Gasteiger partial charge < -0.3 is 14.8 Å². The molecule has 24 heavy (non-hydrogen) atoms. The van der Waals surface area contributed by atoms with E-state index >= 15 is 0 Å². The number of amides is 1. The summed E-state index contributed by atoms with van der Waals surface area (Å²) in [5.74, 6) is 0.472. The van der Waals surface area contributed by atoms with Gasteiger partial charge in [0.15, 0.2) is 6.61 Å². The molecule has 5 nitrogen and oxygen atoms in total. The van der Waals surface area contributed by atoms with E-state index < -0.39 is 11.9 Å². The van der Waals surface area contributed by atoms with Crippen molar-refractivity contribution in [2.45, 2.75) is 13.3 Å². The quantitative estimate of drug-likeness (QED) is 0.619. The first-order valence-corrected chi connectivity index (χ1v) is 7.63. The molecule has 124 valence electrons. The number of allylic oxidation sites excluding steroid dienone is 1. The lowest BCUT2D eigenvalue weighted by molar-refractivity contribution is -0.142. The molecule has 1 N–H and O–H groups in total. The number of carbonyl (C=O) groups is 2. The van der Waals surface area contributed by atoms with Gasteiger partial charge in [-0.3, -0.25) is 4.79 Å². The van der Waals surface area contributed by atoms with Crippen molar-refractivity contribution < 1.29 is 19.1 Å². The van der Waals surface area contributed by atoms with Crippen molar-refractivity contribution in [1.82, 2.24) is 0 Å². The number of esters is 1. The van der Waals surface area contributed by atoms with Crippen LogP contribution in [0, 0.1) is 0 Å². The zero-order valence-electron chi connectivity index (χ0n) is 13.4. The lowest BCUT2D eigenvalue weighted by Gasteiger charge is -2.08. The molecule has 2 rings (SSSR count). The SMILES string of the molecule is CC/C=C/C(=O)OCC(=O)Nc1ccc(Oc2ccccc2)cc1. The molecule has 0 aliphatic heterocycles. The van der Waals surface area contributed by atoms with Gasteiger partial charge in [0.2, 0.25) is 0 Å². The average Bonchev–Trinajstić information content (AvgIpc) is 2.61. The second-order valence-electron chi connectivity index (χ2n) is 4.91. The normalized spacial score (nSPS) is 10.4. The molecule has 0 fully saturated rings. The van der Waals surface area contributed by atoms with Gasteiger partial charge in [-0.15, -0.1) is 0 Å². The van der Waals surface area contributed by atoms with Crippen LogP contribution in [0.15, 0.2) is 66.7 Å². The van der Waals surface area contributed by atoms with Crippen LogP contribution in [0.2, 0.25) is 0 Å². The third-order valence-electron chi connectivity index (χ3n) is 2.95. The molecule has 0 saturated carbocycles. The smallest absolute Gasteiger partial charge is 0.330 e. The molecule has 0 atom stereocenters. The van der Waals surface area contributed by atoms with Crippen LogP contribution >= 0.6 is 0 Å². The number of benzene rings is 2. The Morgan fingerprint density at radius 2 is 1.67 bits per heavy atom. The Kier molecular flexibility index (Phi) is 6.58. The molecule has 0 aliphatic rings. The highest BCUT2D eigenvalue weighted by Crippen LogP contribution is 2.22. The fourth-order valence-corrected chi connectivity index (χ4v) is 1.83. The van der Waals surface area contributed by atoms with E-state index in [2.05, 4.69) is 5.32 Å². The number of ether oxygens (including phenoxy) is 2.